The average molecular weight is 146 g/mol. The van der Waals surface area contributed by atoms with Crippen molar-refractivity contribution in [3.05, 3.63) is 23.8 Å². The van der Waals surface area contributed by atoms with Gasteiger partial charge >= 0.3 is 29.6 Å². The summed E-state index contributed by atoms with van der Waals surface area (Å²) >= 11 is 0. The molecule has 0 aromatic heterocycles. The van der Waals surface area contributed by atoms with Gasteiger partial charge in [-0.2, -0.15) is 0 Å². The van der Waals surface area contributed by atoms with Crippen molar-refractivity contribution in [3.8, 4) is 0 Å². The minimum atomic E-state index is 0. The van der Waals surface area contributed by atoms with Crippen LogP contribution in [-0.4, -0.2) is 29.6 Å². The van der Waals surface area contributed by atoms with Gasteiger partial charge in [0.2, 0.25) is 0 Å². The standard InChI is InChI=1S/C9H14.Na.H/c1-9(2,3)8-6-4-5-7-8;;/h4-6H,7H2,1-3H3;;. The number of hydrogen-bond donors (Lipinski definition) is 0. The van der Waals surface area contributed by atoms with E-state index in [0.717, 1.165) is 6.42 Å². The molecule has 0 radical (unpaired) electrons. The van der Waals surface area contributed by atoms with E-state index in [1.54, 1.807) is 5.57 Å². The molecule has 0 amide bonds. The molecule has 0 aromatic rings. The van der Waals surface area contributed by atoms with Crippen molar-refractivity contribution < 1.29 is 0 Å². The molecule has 0 spiro atoms. The maximum absolute atomic E-state index is 2.26. The van der Waals surface area contributed by atoms with Crippen LogP contribution in [0.2, 0.25) is 0 Å². The van der Waals surface area contributed by atoms with Gasteiger partial charge in [-0.15, -0.1) is 0 Å². The quantitative estimate of drug-likeness (QED) is 0.460. The van der Waals surface area contributed by atoms with Gasteiger partial charge in [0.1, 0.15) is 0 Å². The van der Waals surface area contributed by atoms with Gasteiger partial charge in [0.15, 0.2) is 0 Å². The van der Waals surface area contributed by atoms with Crippen LogP contribution in [0.3, 0.4) is 0 Å². The molecule has 1 heteroatoms. The zero-order valence-corrected chi connectivity index (χ0v) is 6.44. The fourth-order valence-corrected chi connectivity index (χ4v) is 1.00. The Kier molecular flexibility index (Phi) is 3.93. The summed E-state index contributed by atoms with van der Waals surface area (Å²) in [5.41, 5.74) is 1.92. The van der Waals surface area contributed by atoms with Crippen LogP contribution < -0.4 is 0 Å². The van der Waals surface area contributed by atoms with Gasteiger partial charge in [0.25, 0.3) is 0 Å². The molecular formula is C9H15Na. The molecule has 0 unspecified atom stereocenters. The van der Waals surface area contributed by atoms with E-state index in [-0.39, 0.29) is 29.6 Å². The van der Waals surface area contributed by atoms with Crippen molar-refractivity contribution in [3.63, 3.8) is 0 Å². The zero-order chi connectivity index (χ0) is 6.91. The molecule has 0 aliphatic heterocycles. The molecule has 10 heavy (non-hydrogen) atoms. The molecule has 0 bridgehead atoms. The Balaban J connectivity index is 0.000000810. The van der Waals surface area contributed by atoms with Gasteiger partial charge in [0, 0.05) is 0 Å². The van der Waals surface area contributed by atoms with E-state index in [1.807, 2.05) is 0 Å². The Bertz CT molecular complexity index is 158. The molecule has 1 aliphatic rings. The number of rotatable bonds is 0. The molecule has 0 fully saturated rings. The van der Waals surface area contributed by atoms with E-state index in [1.165, 1.54) is 0 Å². The van der Waals surface area contributed by atoms with Gasteiger partial charge in [-0.3, -0.25) is 0 Å². The fourth-order valence-electron chi connectivity index (χ4n) is 1.00. The SMILES string of the molecule is CC(C)(C)C1=CC=CC1.[NaH]. The van der Waals surface area contributed by atoms with Gasteiger partial charge in [-0.25, -0.2) is 0 Å². The predicted molar refractivity (Wildman–Crippen MR) is 48.4 cm³/mol. The van der Waals surface area contributed by atoms with E-state index in [4.69, 9.17) is 0 Å². The normalized spacial score (nSPS) is 16.5. The van der Waals surface area contributed by atoms with Crippen LogP contribution in [0.1, 0.15) is 27.2 Å². The molecule has 0 N–H and O–H groups in total. The molecule has 0 heterocycles. The first-order valence-corrected chi connectivity index (χ1v) is 3.47. The number of allylic oxidation sites excluding steroid dienone is 4. The minimum absolute atomic E-state index is 0. The van der Waals surface area contributed by atoms with Crippen LogP contribution >= 0.6 is 0 Å². The Hall–Kier alpha value is 0.480. The molecule has 1 rings (SSSR count). The Labute approximate surface area is 85.7 Å². The van der Waals surface area contributed by atoms with Crippen LogP contribution in [0.5, 0.6) is 0 Å². The Morgan fingerprint density at radius 3 is 2.10 bits per heavy atom. The maximum atomic E-state index is 2.26. The summed E-state index contributed by atoms with van der Waals surface area (Å²) in [6, 6.07) is 0. The first-order valence-electron chi connectivity index (χ1n) is 3.47. The summed E-state index contributed by atoms with van der Waals surface area (Å²) in [7, 11) is 0. The fraction of sp³-hybridized carbons (Fsp3) is 0.556. The van der Waals surface area contributed by atoms with Crippen molar-refractivity contribution >= 4 is 29.6 Å². The van der Waals surface area contributed by atoms with Gasteiger partial charge in [0.05, 0.1) is 0 Å². The van der Waals surface area contributed by atoms with E-state index in [2.05, 4.69) is 39.0 Å². The number of hydrogen-bond acceptors (Lipinski definition) is 0. The van der Waals surface area contributed by atoms with Crippen LogP contribution in [-0.2, 0) is 0 Å². The first kappa shape index (κ1) is 10.5. The van der Waals surface area contributed by atoms with Crippen LogP contribution in [0.25, 0.3) is 0 Å². The van der Waals surface area contributed by atoms with Crippen LogP contribution in [0, 0.1) is 5.41 Å². The molecule has 0 atom stereocenters. The third-order valence-electron chi connectivity index (χ3n) is 1.73. The van der Waals surface area contributed by atoms with E-state index < -0.39 is 0 Å². The summed E-state index contributed by atoms with van der Waals surface area (Å²) in [6.45, 7) is 6.77. The molecule has 1 aliphatic carbocycles. The molecule has 0 nitrogen and oxygen atoms in total. The predicted octanol–water partition coefficient (Wildman–Crippen LogP) is 2.27. The van der Waals surface area contributed by atoms with Gasteiger partial charge < -0.3 is 0 Å². The molecule has 0 saturated heterocycles. The van der Waals surface area contributed by atoms with Crippen molar-refractivity contribution in [1.82, 2.24) is 0 Å². The van der Waals surface area contributed by atoms with Crippen molar-refractivity contribution in [2.45, 2.75) is 27.2 Å². The van der Waals surface area contributed by atoms with Crippen molar-refractivity contribution in [1.29, 1.82) is 0 Å². The monoisotopic (exact) mass is 146 g/mol. The molecule has 0 aromatic carbocycles. The molecule has 52 valence electrons. The molecular weight excluding hydrogens is 131 g/mol. The Morgan fingerprint density at radius 1 is 1.30 bits per heavy atom. The second-order valence-electron chi connectivity index (χ2n) is 3.57. The summed E-state index contributed by atoms with van der Waals surface area (Å²) in [5, 5.41) is 0. The summed E-state index contributed by atoms with van der Waals surface area (Å²) in [5.74, 6) is 0. The van der Waals surface area contributed by atoms with Gasteiger partial charge in [-0.05, 0) is 11.8 Å². The summed E-state index contributed by atoms with van der Waals surface area (Å²) in [4.78, 5) is 0. The molecule has 0 saturated carbocycles. The van der Waals surface area contributed by atoms with Crippen molar-refractivity contribution in [2.24, 2.45) is 5.41 Å². The summed E-state index contributed by atoms with van der Waals surface area (Å²) < 4.78 is 0. The average Bonchev–Trinajstić information content (AvgIpc) is 2.08. The van der Waals surface area contributed by atoms with Crippen LogP contribution in [0.15, 0.2) is 23.8 Å². The Morgan fingerprint density at radius 2 is 1.90 bits per heavy atom. The van der Waals surface area contributed by atoms with E-state index >= 15 is 0 Å². The van der Waals surface area contributed by atoms with Gasteiger partial charge in [-0.1, -0.05) is 44.6 Å². The topological polar surface area (TPSA) is 0 Å². The second-order valence-corrected chi connectivity index (χ2v) is 3.57. The van der Waals surface area contributed by atoms with E-state index in [9.17, 15) is 0 Å². The zero-order valence-electron chi connectivity index (χ0n) is 6.44. The third-order valence-corrected chi connectivity index (χ3v) is 1.73. The summed E-state index contributed by atoms with van der Waals surface area (Å²) in [6.07, 6.45) is 7.73. The third kappa shape index (κ3) is 2.61. The van der Waals surface area contributed by atoms with Crippen molar-refractivity contribution in [2.75, 3.05) is 0 Å². The first-order chi connectivity index (χ1) is 4.11. The van der Waals surface area contributed by atoms with E-state index in [0.29, 0.717) is 5.41 Å². The second kappa shape index (κ2) is 3.75. The van der Waals surface area contributed by atoms with Crippen LogP contribution in [0.4, 0.5) is 0 Å².